The van der Waals surface area contributed by atoms with Crippen LogP contribution in [0.1, 0.15) is 34.6 Å². The Morgan fingerprint density at radius 1 is 0.972 bits per heavy atom. The Balaban J connectivity index is -0.000000137. The Labute approximate surface area is 272 Å². The van der Waals surface area contributed by atoms with Crippen LogP contribution in [-0.4, -0.2) is 26.4 Å². The number of hydrogen-bond donors (Lipinski definition) is 2. The number of carbonyl (C=O) groups is 2. The van der Waals surface area contributed by atoms with Gasteiger partial charge in [0.1, 0.15) is 5.82 Å². The van der Waals surface area contributed by atoms with Crippen LogP contribution in [-0.2, 0) is 9.47 Å². The quantitative estimate of drug-likeness (QED) is 0.144. The van der Waals surface area contributed by atoms with Gasteiger partial charge in [-0.2, -0.15) is 6.42 Å². The first-order valence-corrected chi connectivity index (χ1v) is 16.9. The van der Waals surface area contributed by atoms with Crippen LogP contribution >= 0.6 is 83.0 Å². The van der Waals surface area contributed by atoms with Gasteiger partial charge in [-0.05, 0) is 52.9 Å². The first-order chi connectivity index (χ1) is 15.6. The maximum absolute atomic E-state index is 13.2. The van der Waals surface area contributed by atoms with Gasteiger partial charge in [-0.25, -0.2) is 18.4 Å². The van der Waals surface area contributed by atoms with Gasteiger partial charge in [-0.3, -0.25) is 10.6 Å². The first-order valence-electron chi connectivity index (χ1n) is 8.83. The summed E-state index contributed by atoms with van der Waals surface area (Å²) in [5.74, 6) is -1.14. The van der Waals surface area contributed by atoms with Crippen LogP contribution in [0.5, 0.6) is 0 Å². The molecule has 14 heteroatoms. The van der Waals surface area contributed by atoms with Crippen LogP contribution < -0.4 is 29.5 Å². The van der Waals surface area contributed by atoms with E-state index in [4.69, 9.17) is 23.2 Å². The van der Waals surface area contributed by atoms with Gasteiger partial charge >= 0.3 is 31.0 Å². The number of anilines is 2. The van der Waals surface area contributed by atoms with Gasteiger partial charge in [0.25, 0.3) is 0 Å². The fourth-order valence-electron chi connectivity index (χ4n) is 1.53. The molecule has 0 atom stereocenters. The van der Waals surface area contributed by atoms with E-state index in [0.717, 1.165) is 12.5 Å². The topological polar surface area (TPSA) is 76.7 Å². The number of halogens is 7. The SMILES string of the molecule is C.C.COC(=O)Nc1ccc(Cl)c(F)c1.COC(=O)Nc1ccc(Cl)c(F)c1I.II.[CH2-]CCC.[Li+]. The molecule has 2 aromatic rings. The summed E-state index contributed by atoms with van der Waals surface area (Å²) < 4.78 is 35.0. The fraction of sp³-hybridized carbons (Fsp3) is 0.318. The number of rotatable bonds is 3. The summed E-state index contributed by atoms with van der Waals surface area (Å²) in [6, 6.07) is 6.80. The molecular formula is C22H30Cl2F2I3LiN2O4. The number of amides is 2. The van der Waals surface area contributed by atoms with Crippen LogP contribution in [0.2, 0.25) is 10.0 Å². The molecule has 2 rings (SSSR count). The molecule has 6 nitrogen and oxygen atoms in total. The molecule has 0 unspecified atom stereocenters. The van der Waals surface area contributed by atoms with Gasteiger partial charge < -0.3 is 16.4 Å². The molecule has 0 fully saturated rings. The van der Waals surface area contributed by atoms with Gasteiger partial charge in [0.2, 0.25) is 0 Å². The summed E-state index contributed by atoms with van der Waals surface area (Å²) in [5, 5.41) is 4.69. The molecule has 36 heavy (non-hydrogen) atoms. The number of unbranched alkanes of at least 4 members (excludes halogenated alkanes) is 1. The van der Waals surface area contributed by atoms with E-state index in [-0.39, 0.29) is 47.3 Å². The average molecular weight is 883 g/mol. The van der Waals surface area contributed by atoms with Crippen molar-refractivity contribution in [3.05, 3.63) is 62.5 Å². The Bertz CT molecular complexity index is 887. The second-order valence-corrected chi connectivity index (χ2v) is 7.33. The summed E-state index contributed by atoms with van der Waals surface area (Å²) in [6.07, 6.45) is 0.978. The minimum absolute atomic E-state index is 0. The molecule has 0 saturated carbocycles. The van der Waals surface area contributed by atoms with Crippen molar-refractivity contribution >= 4 is 107 Å². The van der Waals surface area contributed by atoms with Gasteiger partial charge in [-0.15, -0.1) is 0 Å². The Hall–Kier alpha value is 0.207. The molecule has 0 spiro atoms. The summed E-state index contributed by atoms with van der Waals surface area (Å²) in [7, 11) is 2.45. The third kappa shape index (κ3) is 20.2. The monoisotopic (exact) mass is 882 g/mol. The maximum Gasteiger partial charge on any atom is 1.00 e. The van der Waals surface area contributed by atoms with Crippen LogP contribution in [0.25, 0.3) is 0 Å². The Kier molecular flexibility index (Phi) is 36.1. The molecule has 0 aliphatic heterocycles. The Morgan fingerprint density at radius 3 is 1.83 bits per heavy atom. The number of carbonyl (C=O) groups excluding carboxylic acids is 2. The molecule has 0 bridgehead atoms. The number of nitrogens with one attached hydrogen (secondary N) is 2. The number of benzene rings is 2. The second-order valence-electron chi connectivity index (χ2n) is 5.44. The van der Waals surface area contributed by atoms with Gasteiger partial charge in [-0.1, -0.05) is 51.4 Å². The van der Waals surface area contributed by atoms with Crippen LogP contribution in [0, 0.1) is 22.1 Å². The van der Waals surface area contributed by atoms with E-state index in [1.165, 1.54) is 44.9 Å². The van der Waals surface area contributed by atoms with E-state index in [1.54, 1.807) is 22.6 Å². The molecule has 0 saturated heterocycles. The summed E-state index contributed by atoms with van der Waals surface area (Å²) in [5.41, 5.74) is 0.633. The molecule has 2 N–H and O–H groups in total. The minimum atomic E-state index is -0.651. The molecule has 0 radical (unpaired) electrons. The minimum Gasteiger partial charge on any atom is -0.453 e. The molecule has 0 aliphatic rings. The van der Waals surface area contributed by atoms with E-state index < -0.39 is 23.8 Å². The summed E-state index contributed by atoms with van der Waals surface area (Å²) in [6.45, 7) is 5.72. The second kappa shape index (κ2) is 28.2. The van der Waals surface area contributed by atoms with Crippen LogP contribution in [0.4, 0.5) is 29.7 Å². The van der Waals surface area contributed by atoms with Crippen molar-refractivity contribution in [2.45, 2.75) is 34.6 Å². The van der Waals surface area contributed by atoms with Crippen molar-refractivity contribution < 1.29 is 46.7 Å². The van der Waals surface area contributed by atoms with Crippen molar-refractivity contribution in [2.75, 3.05) is 24.9 Å². The van der Waals surface area contributed by atoms with Crippen molar-refractivity contribution in [3.8, 4) is 0 Å². The molecule has 0 aromatic heterocycles. The predicted molar refractivity (Wildman–Crippen MR) is 169 cm³/mol. The van der Waals surface area contributed by atoms with E-state index in [0.29, 0.717) is 11.4 Å². The zero-order valence-electron chi connectivity index (χ0n) is 18.8. The molecule has 202 valence electrons. The zero-order chi connectivity index (χ0) is 26.0. The standard InChI is InChI=1S/C8H6ClFINO2.C8H7ClFNO2.C4H9.2CH4.I2.Li/c1-14-8(13)12-5-3-2-4(9)6(10)7(5)11;1-13-8(12)11-5-2-3-6(9)7(10)4-5;1-3-4-2;;;1-2;/h2-3H,1H3,(H,12,13);2-4H,1H3,(H,11,12);1,3-4H2,2H3;2*1H4;;/q;;-1;;;;+1. The molecular weight excluding hydrogens is 853 g/mol. The van der Waals surface area contributed by atoms with Gasteiger partial charge in [0.05, 0.1) is 33.5 Å². The van der Waals surface area contributed by atoms with E-state index >= 15 is 0 Å². The largest absolute Gasteiger partial charge is 1.00 e. The molecule has 2 amide bonds. The van der Waals surface area contributed by atoms with Crippen molar-refractivity contribution in [1.82, 2.24) is 0 Å². The third-order valence-electron chi connectivity index (χ3n) is 3.16. The molecule has 0 heterocycles. The van der Waals surface area contributed by atoms with Gasteiger partial charge in [0, 0.05) is 42.9 Å². The molecule has 2 aromatic carbocycles. The first kappa shape index (κ1) is 46.1. The normalized spacial score (nSPS) is 8.19. The molecule has 0 aliphatic carbocycles. The zero-order valence-corrected chi connectivity index (χ0v) is 26.8. The summed E-state index contributed by atoms with van der Waals surface area (Å²) >= 11 is 17.0. The maximum atomic E-state index is 13.2. The number of ether oxygens (including phenoxy) is 2. The predicted octanol–water partition coefficient (Wildman–Crippen LogP) is 7.59. The van der Waals surface area contributed by atoms with Crippen molar-refractivity contribution in [1.29, 1.82) is 0 Å². The number of methoxy groups -OCH3 is 2. The Morgan fingerprint density at radius 2 is 1.42 bits per heavy atom. The van der Waals surface area contributed by atoms with Crippen molar-refractivity contribution in [3.63, 3.8) is 0 Å². The van der Waals surface area contributed by atoms with Crippen LogP contribution in [0.15, 0.2) is 30.3 Å². The fourth-order valence-corrected chi connectivity index (χ4v) is 2.57. The van der Waals surface area contributed by atoms with Gasteiger partial charge in [0.15, 0.2) is 5.82 Å². The van der Waals surface area contributed by atoms with E-state index in [9.17, 15) is 18.4 Å². The van der Waals surface area contributed by atoms with E-state index in [2.05, 4.69) is 71.2 Å². The summed E-state index contributed by atoms with van der Waals surface area (Å²) in [4.78, 5) is 21.5. The smallest absolute Gasteiger partial charge is 0.453 e. The average Bonchev–Trinajstić information content (AvgIpc) is 2.83. The van der Waals surface area contributed by atoms with Crippen LogP contribution in [0.3, 0.4) is 0 Å². The number of hydrogen-bond acceptors (Lipinski definition) is 4. The van der Waals surface area contributed by atoms with Crippen molar-refractivity contribution in [2.24, 2.45) is 0 Å². The third-order valence-corrected chi connectivity index (χ3v) is 4.82. The van der Waals surface area contributed by atoms with E-state index in [1.807, 2.05) is 0 Å².